The Balaban J connectivity index is 1.19. The molecule has 0 aliphatic heterocycles. The number of benzene rings is 5. The van der Waals surface area contributed by atoms with Crippen LogP contribution < -0.4 is 4.74 Å². The molecule has 2 aromatic heterocycles. The van der Waals surface area contributed by atoms with Crippen molar-refractivity contribution in [2.45, 2.75) is 46.0 Å². The van der Waals surface area contributed by atoms with E-state index in [1.165, 1.54) is 93.8 Å². The zero-order valence-electron chi connectivity index (χ0n) is 23.7. The number of hydrogen-bond donors (Lipinski definition) is 0. The van der Waals surface area contributed by atoms with Crippen LogP contribution >= 0.6 is 22.7 Å². The van der Waals surface area contributed by atoms with E-state index in [-0.39, 0.29) is 0 Å². The Bertz CT molecular complexity index is 1970. The van der Waals surface area contributed by atoms with Gasteiger partial charge in [0.05, 0.1) is 6.61 Å². The molecule has 0 aliphatic carbocycles. The first-order valence-corrected chi connectivity index (χ1v) is 16.4. The van der Waals surface area contributed by atoms with E-state index in [9.17, 15) is 0 Å². The normalized spacial score (nSPS) is 11.8. The number of aryl methyl sites for hydroxylation is 1. The average molecular weight is 571 g/mol. The average Bonchev–Trinajstić information content (AvgIpc) is 3.64. The first-order chi connectivity index (χ1) is 20.2. The molecular formula is C38H34OS2. The summed E-state index contributed by atoms with van der Waals surface area (Å²) in [6, 6.07) is 36.2. The highest BCUT2D eigenvalue weighted by atomic mass is 32.1. The van der Waals surface area contributed by atoms with Gasteiger partial charge in [0.15, 0.2) is 0 Å². The molecule has 0 atom stereocenters. The molecule has 0 N–H and O–H groups in total. The van der Waals surface area contributed by atoms with E-state index < -0.39 is 0 Å². The molecule has 2 heterocycles. The quantitative estimate of drug-likeness (QED) is 0.124. The van der Waals surface area contributed by atoms with Gasteiger partial charge >= 0.3 is 0 Å². The Labute approximate surface area is 250 Å². The van der Waals surface area contributed by atoms with E-state index in [4.69, 9.17) is 4.74 Å². The van der Waals surface area contributed by atoms with Crippen molar-refractivity contribution in [1.29, 1.82) is 0 Å². The summed E-state index contributed by atoms with van der Waals surface area (Å²) in [5, 5.41) is 8.00. The van der Waals surface area contributed by atoms with Gasteiger partial charge in [0, 0.05) is 29.9 Å². The molecule has 0 aliphatic rings. The van der Waals surface area contributed by atoms with E-state index in [1.54, 1.807) is 0 Å². The maximum atomic E-state index is 6.00. The summed E-state index contributed by atoms with van der Waals surface area (Å²) in [4.78, 5) is 2.63. The van der Waals surface area contributed by atoms with E-state index >= 15 is 0 Å². The zero-order valence-corrected chi connectivity index (χ0v) is 25.3. The second kappa shape index (κ2) is 11.3. The monoisotopic (exact) mass is 570 g/mol. The Morgan fingerprint density at radius 2 is 1.00 bits per heavy atom. The van der Waals surface area contributed by atoms with Gasteiger partial charge in [0.25, 0.3) is 0 Å². The fourth-order valence-corrected chi connectivity index (χ4v) is 8.04. The largest absolute Gasteiger partial charge is 0.494 e. The van der Waals surface area contributed by atoms with Gasteiger partial charge in [0.2, 0.25) is 0 Å². The summed E-state index contributed by atoms with van der Waals surface area (Å²) in [6.45, 7) is 5.20. The first-order valence-electron chi connectivity index (χ1n) is 14.8. The summed E-state index contributed by atoms with van der Waals surface area (Å²) < 4.78 is 8.67. The van der Waals surface area contributed by atoms with Gasteiger partial charge < -0.3 is 4.74 Å². The number of unbranched alkanes of at least 4 members (excludes halogenated alkanes) is 4. The summed E-state index contributed by atoms with van der Waals surface area (Å²) >= 11 is 3.75. The van der Waals surface area contributed by atoms with Gasteiger partial charge in [-0.15, -0.1) is 22.7 Å². The second-order valence-electron chi connectivity index (χ2n) is 11.1. The SMILES string of the molecule is CCCCCCCOc1ccc(-c2cc3c(ccc4c3ccc3c5cc(-c6ccc(C)cc6)sc5ccc34)s2)cc1. The maximum absolute atomic E-state index is 6.00. The molecule has 0 unspecified atom stereocenters. The molecule has 5 aromatic carbocycles. The lowest BCUT2D eigenvalue weighted by atomic mass is 9.97. The minimum atomic E-state index is 0.802. The van der Waals surface area contributed by atoms with Crippen LogP contribution in [-0.4, -0.2) is 6.61 Å². The number of ether oxygens (including phenoxy) is 1. The fraction of sp³-hybridized carbons (Fsp3) is 0.211. The van der Waals surface area contributed by atoms with Crippen molar-refractivity contribution in [1.82, 2.24) is 0 Å². The van der Waals surface area contributed by atoms with Crippen molar-refractivity contribution in [3.05, 3.63) is 103 Å². The predicted octanol–water partition coefficient (Wildman–Crippen LogP) is 12.4. The topological polar surface area (TPSA) is 9.23 Å². The molecule has 0 radical (unpaired) electrons. The Hall–Kier alpha value is -3.66. The highest BCUT2D eigenvalue weighted by Gasteiger charge is 2.13. The molecule has 0 saturated heterocycles. The van der Waals surface area contributed by atoms with Gasteiger partial charge in [-0.05, 0) is 94.5 Å². The summed E-state index contributed by atoms with van der Waals surface area (Å²) in [5.74, 6) is 0.965. The van der Waals surface area contributed by atoms with Crippen molar-refractivity contribution in [3.8, 4) is 26.6 Å². The van der Waals surface area contributed by atoms with E-state index in [0.717, 1.165) is 18.8 Å². The van der Waals surface area contributed by atoms with Gasteiger partial charge in [0.1, 0.15) is 5.75 Å². The first kappa shape index (κ1) is 26.3. The molecule has 0 amide bonds. The Morgan fingerprint density at radius 1 is 0.512 bits per heavy atom. The molecule has 0 bridgehead atoms. The second-order valence-corrected chi connectivity index (χ2v) is 13.3. The predicted molar refractivity (Wildman–Crippen MR) is 182 cm³/mol. The van der Waals surface area contributed by atoms with Crippen LogP contribution in [-0.2, 0) is 0 Å². The minimum absolute atomic E-state index is 0.802. The lowest BCUT2D eigenvalue weighted by Crippen LogP contribution is -1.97. The number of hydrogen-bond acceptors (Lipinski definition) is 3. The Kier molecular flexibility index (Phi) is 7.24. The Morgan fingerprint density at radius 3 is 1.56 bits per heavy atom. The number of rotatable bonds is 9. The third kappa shape index (κ3) is 5.14. The molecule has 3 heteroatoms. The van der Waals surface area contributed by atoms with Crippen LogP contribution in [0, 0.1) is 6.92 Å². The van der Waals surface area contributed by atoms with Crippen molar-refractivity contribution in [2.75, 3.05) is 6.61 Å². The third-order valence-corrected chi connectivity index (χ3v) is 10.5. The molecule has 7 rings (SSSR count). The molecule has 0 fully saturated rings. The zero-order chi connectivity index (χ0) is 27.8. The fourth-order valence-electron chi connectivity index (χ4n) is 5.88. The van der Waals surface area contributed by atoms with Gasteiger partial charge in [-0.1, -0.05) is 86.7 Å². The summed E-state index contributed by atoms with van der Waals surface area (Å²) in [7, 11) is 0. The van der Waals surface area contributed by atoms with Crippen molar-refractivity contribution in [3.63, 3.8) is 0 Å². The number of thiophene rings is 2. The standard InChI is InChI=1S/C38H34OS2/c1-3-4-5-6-7-22-39-28-14-12-27(13-15-28)38-24-34-32-17-16-31-29(30(32)19-21-36(34)41-38)18-20-35-33(31)23-37(40-35)26-10-8-25(2)9-11-26/h8-21,23-24H,3-7,22H2,1-2H3. The van der Waals surface area contributed by atoms with Crippen LogP contribution in [0.4, 0.5) is 0 Å². The molecular weight excluding hydrogens is 537 g/mol. The molecule has 41 heavy (non-hydrogen) atoms. The third-order valence-electron chi connectivity index (χ3n) is 8.18. The highest BCUT2D eigenvalue weighted by Crippen LogP contribution is 2.42. The molecule has 0 spiro atoms. The van der Waals surface area contributed by atoms with Crippen LogP contribution in [0.2, 0.25) is 0 Å². The smallest absolute Gasteiger partial charge is 0.119 e. The van der Waals surface area contributed by atoms with Crippen molar-refractivity contribution in [2.24, 2.45) is 0 Å². The number of fused-ring (bicyclic) bond motifs is 7. The minimum Gasteiger partial charge on any atom is -0.494 e. The lowest BCUT2D eigenvalue weighted by molar-refractivity contribution is 0.304. The molecule has 0 saturated carbocycles. The van der Waals surface area contributed by atoms with Crippen LogP contribution in [0.1, 0.15) is 44.6 Å². The molecule has 7 aromatic rings. The van der Waals surface area contributed by atoms with Gasteiger partial charge in [-0.3, -0.25) is 0 Å². The van der Waals surface area contributed by atoms with Gasteiger partial charge in [-0.25, -0.2) is 0 Å². The lowest BCUT2D eigenvalue weighted by Gasteiger charge is -2.07. The van der Waals surface area contributed by atoms with Gasteiger partial charge in [-0.2, -0.15) is 0 Å². The maximum Gasteiger partial charge on any atom is 0.119 e. The van der Waals surface area contributed by atoms with Crippen LogP contribution in [0.25, 0.3) is 62.6 Å². The van der Waals surface area contributed by atoms with Crippen LogP contribution in [0.15, 0.2) is 97.1 Å². The molecule has 204 valence electrons. The molecule has 1 nitrogen and oxygen atoms in total. The van der Waals surface area contributed by atoms with E-state index in [1.807, 2.05) is 22.7 Å². The van der Waals surface area contributed by atoms with E-state index in [0.29, 0.717) is 0 Å². The highest BCUT2D eigenvalue weighted by molar-refractivity contribution is 7.22. The van der Waals surface area contributed by atoms with Crippen LogP contribution in [0.3, 0.4) is 0 Å². The van der Waals surface area contributed by atoms with E-state index in [2.05, 4.69) is 111 Å². The van der Waals surface area contributed by atoms with Crippen molar-refractivity contribution < 1.29 is 4.74 Å². The van der Waals surface area contributed by atoms with Crippen LogP contribution in [0.5, 0.6) is 5.75 Å². The van der Waals surface area contributed by atoms with Crippen molar-refractivity contribution >= 4 is 64.4 Å². The summed E-state index contributed by atoms with van der Waals surface area (Å²) in [5.41, 5.74) is 3.84. The summed E-state index contributed by atoms with van der Waals surface area (Å²) in [6.07, 6.45) is 6.29.